The molecule has 0 fully saturated rings. The summed E-state index contributed by atoms with van der Waals surface area (Å²) in [6, 6.07) is 6.66. The van der Waals surface area contributed by atoms with Crippen molar-refractivity contribution in [3.8, 4) is 11.5 Å². The lowest BCUT2D eigenvalue weighted by atomic mass is 9.91. The first-order valence-corrected chi connectivity index (χ1v) is 11.9. The molecule has 2 heterocycles. The molecule has 36 heavy (non-hydrogen) atoms. The number of aryl methyl sites for hydroxylation is 1. The first-order valence-electron chi connectivity index (χ1n) is 11.5. The molecule has 0 saturated carbocycles. The molecule has 1 unspecified atom stereocenters. The molecule has 10 heteroatoms. The highest BCUT2D eigenvalue weighted by Gasteiger charge is 2.23. The number of phenolic OH excluding ortho intramolecular Hbond substituents is 1. The van der Waals surface area contributed by atoms with Crippen LogP contribution in [0.25, 0.3) is 21.9 Å². The summed E-state index contributed by atoms with van der Waals surface area (Å²) in [5.74, 6) is -1.67. The minimum atomic E-state index is -1.22. The van der Waals surface area contributed by atoms with Crippen molar-refractivity contribution in [3.63, 3.8) is 0 Å². The number of fused-ring (bicyclic) bond motifs is 4. The number of hydrogen-bond donors (Lipinski definition) is 4. The smallest absolute Gasteiger partial charge is 0.339 e. The zero-order chi connectivity index (χ0) is 25.4. The molecule has 0 spiro atoms. The van der Waals surface area contributed by atoms with Crippen LogP contribution in [0.3, 0.4) is 0 Å². The predicted octanol–water partition coefficient (Wildman–Crippen LogP) is 3.70. The molecule has 1 atom stereocenters. The number of halogens is 1. The molecular formula is C26H23ClN2O7. The van der Waals surface area contributed by atoms with Crippen LogP contribution in [0.15, 0.2) is 45.7 Å². The predicted molar refractivity (Wildman–Crippen MR) is 133 cm³/mol. The van der Waals surface area contributed by atoms with E-state index in [9.17, 15) is 24.6 Å². The number of aromatic hydroxyl groups is 1. The first-order chi connectivity index (χ1) is 17.3. The minimum absolute atomic E-state index is 0.00246. The quantitative estimate of drug-likeness (QED) is 0.278. The van der Waals surface area contributed by atoms with Crippen molar-refractivity contribution in [2.45, 2.75) is 38.1 Å². The molecule has 2 aromatic carbocycles. The lowest BCUT2D eigenvalue weighted by Crippen LogP contribution is -2.44. The van der Waals surface area contributed by atoms with E-state index >= 15 is 0 Å². The van der Waals surface area contributed by atoms with Gasteiger partial charge in [0.05, 0.1) is 5.02 Å². The van der Waals surface area contributed by atoms with Crippen molar-refractivity contribution in [3.05, 3.63) is 68.7 Å². The second kappa shape index (κ2) is 9.58. The number of hydrogen-bond acceptors (Lipinski definition) is 6. The van der Waals surface area contributed by atoms with E-state index in [0.717, 1.165) is 35.7 Å². The Hall–Kier alpha value is -3.98. The number of rotatable bonds is 7. The molecule has 0 aliphatic heterocycles. The van der Waals surface area contributed by atoms with Crippen LogP contribution in [0, 0.1) is 0 Å². The molecule has 4 aromatic rings. The summed E-state index contributed by atoms with van der Waals surface area (Å²) < 4.78 is 11.0. The topological polar surface area (TPSA) is 142 Å². The van der Waals surface area contributed by atoms with Gasteiger partial charge in [-0.25, -0.2) is 9.59 Å². The van der Waals surface area contributed by atoms with Crippen molar-refractivity contribution in [2.75, 3.05) is 6.61 Å². The summed E-state index contributed by atoms with van der Waals surface area (Å²) in [6.07, 6.45) is 5.00. The largest absolute Gasteiger partial charge is 0.508 e. The Kier molecular flexibility index (Phi) is 6.32. The highest BCUT2D eigenvalue weighted by Crippen LogP contribution is 2.34. The van der Waals surface area contributed by atoms with Crippen LogP contribution in [-0.4, -0.2) is 39.7 Å². The molecule has 4 N–H and O–H groups in total. The van der Waals surface area contributed by atoms with E-state index < -0.39 is 24.5 Å². The Balaban J connectivity index is 1.30. The summed E-state index contributed by atoms with van der Waals surface area (Å²) >= 11 is 6.39. The molecule has 186 valence electrons. The maximum atomic E-state index is 12.5. The maximum absolute atomic E-state index is 12.5. The molecule has 0 bridgehead atoms. The van der Waals surface area contributed by atoms with Crippen LogP contribution in [0.5, 0.6) is 11.5 Å². The highest BCUT2D eigenvalue weighted by molar-refractivity contribution is 6.32. The lowest BCUT2D eigenvalue weighted by Gasteiger charge is -2.17. The number of carboxylic acids is 1. The maximum Gasteiger partial charge on any atom is 0.339 e. The number of benzene rings is 2. The zero-order valence-electron chi connectivity index (χ0n) is 19.1. The Morgan fingerprint density at radius 3 is 2.69 bits per heavy atom. The Bertz CT molecular complexity index is 1560. The normalized spacial score (nSPS) is 13.9. The summed E-state index contributed by atoms with van der Waals surface area (Å²) in [5, 5.41) is 23.5. The molecule has 0 saturated heterocycles. The number of H-pyrrole nitrogens is 1. The third-order valence-corrected chi connectivity index (χ3v) is 6.74. The van der Waals surface area contributed by atoms with Gasteiger partial charge in [-0.2, -0.15) is 0 Å². The molecule has 1 aliphatic rings. The highest BCUT2D eigenvalue weighted by atomic mass is 35.5. The average Bonchev–Trinajstić information content (AvgIpc) is 3.24. The summed E-state index contributed by atoms with van der Waals surface area (Å²) in [6.45, 7) is -0.487. The monoisotopic (exact) mass is 510 g/mol. The minimum Gasteiger partial charge on any atom is -0.508 e. The molecule has 5 rings (SSSR count). The Morgan fingerprint density at radius 2 is 1.92 bits per heavy atom. The van der Waals surface area contributed by atoms with E-state index in [4.69, 9.17) is 20.8 Å². The lowest BCUT2D eigenvalue weighted by molar-refractivity contribution is -0.142. The van der Waals surface area contributed by atoms with Crippen molar-refractivity contribution in [1.82, 2.24) is 10.3 Å². The fourth-order valence-electron chi connectivity index (χ4n) is 4.69. The van der Waals surface area contributed by atoms with E-state index in [1.54, 1.807) is 18.3 Å². The van der Waals surface area contributed by atoms with E-state index in [2.05, 4.69) is 10.3 Å². The second-order valence-corrected chi connectivity index (χ2v) is 9.23. The number of aromatic nitrogens is 1. The van der Waals surface area contributed by atoms with Gasteiger partial charge >= 0.3 is 11.6 Å². The standard InChI is InChI=1S/C26H23ClN2O7/c27-19-9-18-15-3-1-2-4-16(15)26(34)36-22(18)10-23(19)35-12-24(31)29-21(25(32)33)7-13-11-28-20-6-5-14(30)8-17(13)20/h5-6,8-11,21,28,30H,1-4,7,12H2,(H,29,31)(H,32,33). The van der Waals surface area contributed by atoms with Gasteiger partial charge in [-0.1, -0.05) is 11.6 Å². The molecular weight excluding hydrogens is 488 g/mol. The summed E-state index contributed by atoms with van der Waals surface area (Å²) in [7, 11) is 0. The first kappa shape index (κ1) is 23.7. The van der Waals surface area contributed by atoms with E-state index in [1.165, 1.54) is 18.2 Å². The molecule has 0 radical (unpaired) electrons. The fraction of sp³-hybridized carbons (Fsp3) is 0.269. The second-order valence-electron chi connectivity index (χ2n) is 8.83. The van der Waals surface area contributed by atoms with Crippen molar-refractivity contribution in [1.29, 1.82) is 0 Å². The molecule has 9 nitrogen and oxygen atoms in total. The van der Waals surface area contributed by atoms with Gasteiger partial charge in [0.15, 0.2) is 6.61 Å². The number of aliphatic carboxylic acids is 1. The van der Waals surface area contributed by atoms with Gasteiger partial charge in [0, 0.05) is 40.5 Å². The number of nitrogens with one attached hydrogen (secondary N) is 2. The third-order valence-electron chi connectivity index (χ3n) is 6.44. The third kappa shape index (κ3) is 4.61. The Morgan fingerprint density at radius 1 is 1.14 bits per heavy atom. The van der Waals surface area contributed by atoms with Crippen LogP contribution in [-0.2, 0) is 28.9 Å². The van der Waals surface area contributed by atoms with E-state index in [1.807, 2.05) is 0 Å². The van der Waals surface area contributed by atoms with Crippen molar-refractivity contribution in [2.24, 2.45) is 0 Å². The van der Waals surface area contributed by atoms with Crippen molar-refractivity contribution >= 4 is 45.3 Å². The van der Waals surface area contributed by atoms with Crippen LogP contribution >= 0.6 is 11.6 Å². The SMILES string of the molecule is O=C(COc1cc2oc(=O)c3c(c2cc1Cl)CCCC3)NC(Cc1c[nH]c2ccc(O)cc12)C(=O)O. The zero-order valence-corrected chi connectivity index (χ0v) is 19.9. The summed E-state index contributed by atoms with van der Waals surface area (Å²) in [4.78, 5) is 39.7. The summed E-state index contributed by atoms with van der Waals surface area (Å²) in [5.41, 5.74) is 2.94. The molecule has 2 aromatic heterocycles. The number of carbonyl (C=O) groups is 2. The van der Waals surface area contributed by atoms with Gasteiger partial charge in [-0.05, 0) is 61.1 Å². The van der Waals surface area contributed by atoms with Gasteiger partial charge in [0.1, 0.15) is 23.1 Å². The van der Waals surface area contributed by atoms with Gasteiger partial charge in [0.2, 0.25) is 0 Å². The molecule has 1 amide bonds. The van der Waals surface area contributed by atoms with Crippen LogP contribution in [0.1, 0.15) is 29.5 Å². The average molecular weight is 511 g/mol. The Labute approximate surface area is 209 Å². The molecule has 1 aliphatic carbocycles. The van der Waals surface area contributed by atoms with Crippen molar-refractivity contribution < 1.29 is 29.0 Å². The number of carboxylic acid groups (broad SMARTS) is 1. The van der Waals surface area contributed by atoms with Crippen LogP contribution < -0.4 is 15.7 Å². The number of amides is 1. The van der Waals surface area contributed by atoms with Gasteiger partial charge in [0.25, 0.3) is 5.91 Å². The fourth-order valence-corrected chi connectivity index (χ4v) is 4.91. The number of aromatic amines is 1. The van der Waals surface area contributed by atoms with Crippen LogP contribution in [0.2, 0.25) is 5.02 Å². The number of carbonyl (C=O) groups excluding carboxylic acids is 1. The number of ether oxygens (including phenoxy) is 1. The number of phenols is 1. The van der Waals surface area contributed by atoms with E-state index in [-0.39, 0.29) is 28.6 Å². The van der Waals surface area contributed by atoms with Gasteiger partial charge in [-0.15, -0.1) is 0 Å². The van der Waals surface area contributed by atoms with E-state index in [0.29, 0.717) is 28.5 Å². The van der Waals surface area contributed by atoms with Crippen LogP contribution in [0.4, 0.5) is 0 Å². The van der Waals surface area contributed by atoms with Gasteiger partial charge in [-0.3, -0.25) is 4.79 Å². The van der Waals surface area contributed by atoms with Gasteiger partial charge < -0.3 is 29.7 Å².